The predicted octanol–water partition coefficient (Wildman–Crippen LogP) is 4.72. The summed E-state index contributed by atoms with van der Waals surface area (Å²) in [6, 6.07) is 20.0. The number of thioether (sulfide) groups is 1. The number of phenolic OH excluding ortho intramolecular Hbond substituents is 1. The molecule has 202 valence electrons. The average Bonchev–Trinajstić information content (AvgIpc) is 3.44. The number of thiazole rings is 1. The topological polar surface area (TPSA) is 129 Å². The van der Waals surface area contributed by atoms with Gasteiger partial charge in [0.25, 0.3) is 5.91 Å². The summed E-state index contributed by atoms with van der Waals surface area (Å²) in [5, 5.41) is 12.0. The number of ether oxygens (including phenoxy) is 1. The monoisotopic (exact) mass is 637 g/mol. The van der Waals surface area contributed by atoms with Gasteiger partial charge in [0, 0.05) is 26.5 Å². The molecule has 3 N–H and O–H groups in total. The summed E-state index contributed by atoms with van der Waals surface area (Å²) in [5.41, 5.74) is 1.57. The first-order valence-corrected chi connectivity index (χ1v) is 14.6. The van der Waals surface area contributed by atoms with Crippen LogP contribution in [-0.4, -0.2) is 39.7 Å². The van der Waals surface area contributed by atoms with Gasteiger partial charge in [-0.3, -0.25) is 19.2 Å². The van der Waals surface area contributed by atoms with Crippen LogP contribution in [0.5, 0.6) is 11.5 Å². The highest BCUT2D eigenvalue weighted by atomic mass is 79.9. The molecule has 3 heterocycles. The Kier molecular flexibility index (Phi) is 6.99. The number of nitrogens with zero attached hydrogens (tertiary/aromatic N) is 1. The minimum absolute atomic E-state index is 0.0807. The van der Waals surface area contributed by atoms with Crippen LogP contribution in [0, 0.1) is 5.92 Å². The number of aromatic hydroxyl groups is 1. The van der Waals surface area contributed by atoms with E-state index in [1.54, 1.807) is 60.7 Å². The van der Waals surface area contributed by atoms with Gasteiger partial charge in [-0.1, -0.05) is 57.2 Å². The van der Waals surface area contributed by atoms with Crippen LogP contribution in [0.3, 0.4) is 0 Å². The third-order valence-electron chi connectivity index (χ3n) is 6.67. The lowest BCUT2D eigenvalue weighted by Crippen LogP contribution is -2.32. The maximum absolute atomic E-state index is 13.9. The standard InChI is InChI=1S/C28H20BrN3O6S2/c29-14-5-9-16(10-6-14)32-26(35)22-21(23-25(31-28(37)40-23)39-24(22)27(32)36)18-3-1-2-4-19(18)38-13-20(34)30-15-7-11-17(33)12-8-15/h1-12,21-22,24,33H,13H2,(H,30,34)(H,31,37)/t21-,22?,24?/m1/s1. The molecule has 40 heavy (non-hydrogen) atoms. The van der Waals surface area contributed by atoms with Crippen LogP contribution >= 0.6 is 39.0 Å². The quantitative estimate of drug-likeness (QED) is 0.206. The van der Waals surface area contributed by atoms with E-state index in [1.165, 1.54) is 28.8 Å². The lowest BCUT2D eigenvalue weighted by molar-refractivity contribution is -0.122. The largest absolute Gasteiger partial charge is 0.508 e. The summed E-state index contributed by atoms with van der Waals surface area (Å²) >= 11 is 5.59. The molecule has 3 amide bonds. The minimum Gasteiger partial charge on any atom is -0.508 e. The number of aromatic nitrogens is 1. The number of amides is 3. The number of anilines is 2. The average molecular weight is 639 g/mol. The van der Waals surface area contributed by atoms with E-state index in [2.05, 4.69) is 26.2 Å². The summed E-state index contributed by atoms with van der Waals surface area (Å²) < 4.78 is 6.76. The Morgan fingerprint density at radius 3 is 2.48 bits per heavy atom. The molecule has 1 saturated heterocycles. The maximum atomic E-state index is 13.9. The van der Waals surface area contributed by atoms with Crippen molar-refractivity contribution < 1.29 is 24.2 Å². The second-order valence-electron chi connectivity index (χ2n) is 9.16. The molecule has 0 spiro atoms. The van der Waals surface area contributed by atoms with Crippen molar-refractivity contribution in [2.45, 2.75) is 16.2 Å². The highest BCUT2D eigenvalue weighted by Gasteiger charge is 2.56. The van der Waals surface area contributed by atoms with Crippen LogP contribution in [0.25, 0.3) is 0 Å². The van der Waals surface area contributed by atoms with Crippen LogP contribution in [-0.2, 0) is 14.4 Å². The van der Waals surface area contributed by atoms with Gasteiger partial charge in [0.15, 0.2) is 6.61 Å². The summed E-state index contributed by atoms with van der Waals surface area (Å²) in [6.07, 6.45) is 0. The molecule has 1 fully saturated rings. The van der Waals surface area contributed by atoms with Crippen LogP contribution in [0.4, 0.5) is 11.4 Å². The Morgan fingerprint density at radius 1 is 1.00 bits per heavy atom. The van der Waals surface area contributed by atoms with E-state index in [0.29, 0.717) is 32.6 Å². The number of hydrogen-bond acceptors (Lipinski definition) is 8. The number of nitrogens with one attached hydrogen (secondary N) is 2. The van der Waals surface area contributed by atoms with Crippen molar-refractivity contribution in [3.63, 3.8) is 0 Å². The van der Waals surface area contributed by atoms with E-state index in [9.17, 15) is 24.3 Å². The first-order valence-electron chi connectivity index (χ1n) is 12.1. The van der Waals surface area contributed by atoms with E-state index >= 15 is 0 Å². The molecule has 1 aromatic heterocycles. The van der Waals surface area contributed by atoms with E-state index in [1.807, 2.05) is 0 Å². The summed E-state index contributed by atoms with van der Waals surface area (Å²) in [5.74, 6) is -2.10. The van der Waals surface area contributed by atoms with Gasteiger partial charge in [0.2, 0.25) is 11.8 Å². The lowest BCUT2D eigenvalue weighted by atomic mass is 9.82. The maximum Gasteiger partial charge on any atom is 0.305 e. The Morgan fingerprint density at radius 2 is 1.73 bits per heavy atom. The molecule has 2 aliphatic rings. The number of benzene rings is 3. The molecule has 0 aliphatic carbocycles. The highest BCUT2D eigenvalue weighted by molar-refractivity contribution is 9.10. The van der Waals surface area contributed by atoms with Gasteiger partial charge in [-0.15, -0.1) is 0 Å². The third-order valence-corrected chi connectivity index (χ3v) is 9.60. The van der Waals surface area contributed by atoms with Gasteiger partial charge in [0.05, 0.1) is 16.6 Å². The smallest absolute Gasteiger partial charge is 0.305 e. The number of rotatable bonds is 6. The zero-order chi connectivity index (χ0) is 28.0. The van der Waals surface area contributed by atoms with Crippen molar-refractivity contribution in [3.8, 4) is 11.5 Å². The van der Waals surface area contributed by atoms with Gasteiger partial charge >= 0.3 is 4.87 Å². The van der Waals surface area contributed by atoms with E-state index < -0.39 is 23.0 Å². The number of hydrogen-bond donors (Lipinski definition) is 3. The molecule has 2 aliphatic heterocycles. The fraction of sp³-hybridized carbons (Fsp3) is 0.143. The molecule has 0 radical (unpaired) electrons. The molecule has 3 atom stereocenters. The number of halogens is 1. The van der Waals surface area contributed by atoms with E-state index in [-0.39, 0.29) is 29.0 Å². The van der Waals surface area contributed by atoms with Crippen LogP contribution < -0.4 is 19.8 Å². The molecule has 0 bridgehead atoms. The van der Waals surface area contributed by atoms with Gasteiger partial charge < -0.3 is 20.1 Å². The molecule has 0 saturated carbocycles. The van der Waals surface area contributed by atoms with Crippen molar-refractivity contribution in [1.29, 1.82) is 0 Å². The number of carbonyl (C=O) groups is 3. The van der Waals surface area contributed by atoms with Gasteiger partial charge in [-0.25, -0.2) is 4.90 Å². The molecule has 4 aromatic rings. The number of aromatic amines is 1. The first kappa shape index (κ1) is 26.4. The molecule has 9 nitrogen and oxygen atoms in total. The number of fused-ring (bicyclic) bond motifs is 2. The summed E-state index contributed by atoms with van der Waals surface area (Å²) in [6.45, 7) is -0.318. The second-order valence-corrected chi connectivity index (χ2v) is 12.2. The molecular weight excluding hydrogens is 618 g/mol. The number of phenols is 1. The lowest BCUT2D eigenvalue weighted by Gasteiger charge is -2.30. The number of H-pyrrole nitrogens is 1. The van der Waals surface area contributed by atoms with E-state index in [0.717, 1.165) is 15.8 Å². The Balaban J connectivity index is 1.33. The number of carbonyl (C=O) groups excluding carboxylic acids is 3. The number of para-hydroxylation sites is 1. The summed E-state index contributed by atoms with van der Waals surface area (Å²) in [7, 11) is 0. The molecule has 12 heteroatoms. The van der Waals surface area contributed by atoms with Gasteiger partial charge in [-0.2, -0.15) is 0 Å². The van der Waals surface area contributed by atoms with Crippen molar-refractivity contribution in [3.05, 3.63) is 97.4 Å². The van der Waals surface area contributed by atoms with Crippen LogP contribution in [0.2, 0.25) is 0 Å². The fourth-order valence-corrected chi connectivity index (χ4v) is 7.72. The van der Waals surface area contributed by atoms with Gasteiger partial charge in [0.1, 0.15) is 16.7 Å². The molecule has 6 rings (SSSR count). The minimum atomic E-state index is -0.782. The zero-order valence-electron chi connectivity index (χ0n) is 20.5. The van der Waals surface area contributed by atoms with Crippen LogP contribution in [0.15, 0.2) is 87.1 Å². The summed E-state index contributed by atoms with van der Waals surface area (Å²) in [4.78, 5) is 56.9. The van der Waals surface area contributed by atoms with Crippen LogP contribution in [0.1, 0.15) is 16.4 Å². The Bertz CT molecular complexity index is 1690. The Labute approximate surface area is 244 Å². The normalized spacial score (nSPS) is 19.7. The van der Waals surface area contributed by atoms with Crippen molar-refractivity contribution in [2.24, 2.45) is 5.92 Å². The molecular formula is C28H20BrN3O6S2. The van der Waals surface area contributed by atoms with Crippen molar-refractivity contribution >= 4 is 68.1 Å². The highest BCUT2D eigenvalue weighted by Crippen LogP contribution is 2.54. The van der Waals surface area contributed by atoms with Crippen molar-refractivity contribution in [1.82, 2.24) is 4.98 Å². The molecule has 3 aromatic carbocycles. The fourth-order valence-electron chi connectivity index (χ4n) is 4.95. The Hall–Kier alpha value is -3.87. The van der Waals surface area contributed by atoms with Gasteiger partial charge in [-0.05, 0) is 54.6 Å². The SMILES string of the molecule is O=C(COc1ccccc1[C@H]1c2sc(=O)[nH]c2SC2C(=O)N(c3ccc(Br)cc3)C(=O)C21)Nc1ccc(O)cc1. The second kappa shape index (κ2) is 10.6. The van der Waals surface area contributed by atoms with Crippen molar-refractivity contribution in [2.75, 3.05) is 16.8 Å². The first-order chi connectivity index (χ1) is 19.3. The number of imide groups is 1. The molecule has 2 unspecified atom stereocenters. The third kappa shape index (κ3) is 4.82. The zero-order valence-corrected chi connectivity index (χ0v) is 23.7. The predicted molar refractivity (Wildman–Crippen MR) is 155 cm³/mol. The van der Waals surface area contributed by atoms with E-state index in [4.69, 9.17) is 4.74 Å².